The van der Waals surface area contributed by atoms with Gasteiger partial charge < -0.3 is 9.47 Å². The molecule has 1 atom stereocenters. The second-order valence-electron chi connectivity index (χ2n) is 5.21. The van der Waals surface area contributed by atoms with Crippen LogP contribution in [0.2, 0.25) is 0 Å². The monoisotopic (exact) mass is 304 g/mol. The van der Waals surface area contributed by atoms with Gasteiger partial charge in [-0.25, -0.2) is 4.98 Å². The van der Waals surface area contributed by atoms with Gasteiger partial charge in [-0.3, -0.25) is 4.90 Å². The number of nitrogens with zero attached hydrogens (tertiary/aromatic N) is 2. The lowest BCUT2D eigenvalue weighted by Crippen LogP contribution is -2.21. The first-order valence-corrected chi connectivity index (χ1v) is 7.95. The van der Waals surface area contributed by atoms with Crippen LogP contribution < -0.4 is 4.74 Å². The number of hydrogen-bond acceptors (Lipinski definition) is 5. The SMILES string of the molecule is COc1ccccc1-c1ncc(CN2CCC(OC)C2)s1. The summed E-state index contributed by atoms with van der Waals surface area (Å²) in [6.07, 6.45) is 3.48. The highest BCUT2D eigenvalue weighted by Gasteiger charge is 2.22. The van der Waals surface area contributed by atoms with Gasteiger partial charge in [0.05, 0.1) is 18.8 Å². The zero-order valence-corrected chi connectivity index (χ0v) is 13.2. The minimum atomic E-state index is 0.381. The molecule has 1 fully saturated rings. The van der Waals surface area contributed by atoms with E-state index in [1.54, 1.807) is 25.6 Å². The molecule has 0 spiro atoms. The topological polar surface area (TPSA) is 34.6 Å². The zero-order chi connectivity index (χ0) is 14.7. The molecule has 1 aliphatic heterocycles. The Balaban J connectivity index is 1.72. The van der Waals surface area contributed by atoms with Gasteiger partial charge in [-0.2, -0.15) is 0 Å². The predicted molar refractivity (Wildman–Crippen MR) is 84.8 cm³/mol. The molecule has 2 heterocycles. The van der Waals surface area contributed by atoms with Crippen LogP contribution in [0.25, 0.3) is 10.6 Å². The lowest BCUT2D eigenvalue weighted by molar-refractivity contribution is 0.107. The maximum Gasteiger partial charge on any atom is 0.129 e. The van der Waals surface area contributed by atoms with E-state index in [1.807, 2.05) is 24.4 Å². The van der Waals surface area contributed by atoms with Crippen LogP contribution >= 0.6 is 11.3 Å². The number of thiazole rings is 1. The molecule has 3 rings (SSSR count). The lowest BCUT2D eigenvalue weighted by Gasteiger charge is -2.13. The zero-order valence-electron chi connectivity index (χ0n) is 12.4. The second-order valence-corrected chi connectivity index (χ2v) is 6.33. The molecule has 1 aromatic carbocycles. The lowest BCUT2D eigenvalue weighted by atomic mass is 10.2. The molecule has 0 saturated carbocycles. The van der Waals surface area contributed by atoms with E-state index in [4.69, 9.17) is 9.47 Å². The van der Waals surface area contributed by atoms with Crippen molar-refractivity contribution in [1.82, 2.24) is 9.88 Å². The smallest absolute Gasteiger partial charge is 0.129 e. The van der Waals surface area contributed by atoms with Crippen molar-refractivity contribution in [3.63, 3.8) is 0 Å². The number of benzene rings is 1. The number of para-hydroxylation sites is 1. The third-order valence-corrected chi connectivity index (χ3v) is 4.85. The highest BCUT2D eigenvalue weighted by atomic mass is 32.1. The fraction of sp³-hybridized carbons (Fsp3) is 0.438. The van der Waals surface area contributed by atoms with E-state index in [-0.39, 0.29) is 0 Å². The quantitative estimate of drug-likeness (QED) is 0.850. The summed E-state index contributed by atoms with van der Waals surface area (Å²) >= 11 is 1.74. The summed E-state index contributed by atoms with van der Waals surface area (Å²) in [4.78, 5) is 8.27. The molecule has 1 saturated heterocycles. The van der Waals surface area contributed by atoms with E-state index in [2.05, 4.69) is 16.0 Å². The highest BCUT2D eigenvalue weighted by Crippen LogP contribution is 2.33. The van der Waals surface area contributed by atoms with E-state index in [1.165, 1.54) is 4.88 Å². The Bertz CT molecular complexity index is 599. The van der Waals surface area contributed by atoms with Crippen LogP contribution in [0.4, 0.5) is 0 Å². The Morgan fingerprint density at radius 2 is 2.19 bits per heavy atom. The average molecular weight is 304 g/mol. The van der Waals surface area contributed by atoms with Crippen molar-refractivity contribution in [2.75, 3.05) is 27.3 Å². The van der Waals surface area contributed by atoms with E-state index >= 15 is 0 Å². The molecule has 0 bridgehead atoms. The standard InChI is InChI=1S/C16H20N2O2S/c1-19-12-7-8-18(10-12)11-13-9-17-16(21-13)14-5-3-4-6-15(14)20-2/h3-6,9,12H,7-8,10-11H2,1-2H3. The van der Waals surface area contributed by atoms with Crippen molar-refractivity contribution in [3.8, 4) is 16.3 Å². The van der Waals surface area contributed by atoms with E-state index in [0.29, 0.717) is 6.10 Å². The molecular formula is C16H20N2O2S. The largest absolute Gasteiger partial charge is 0.496 e. The van der Waals surface area contributed by atoms with E-state index in [9.17, 15) is 0 Å². The highest BCUT2D eigenvalue weighted by molar-refractivity contribution is 7.15. The predicted octanol–water partition coefficient (Wildman–Crippen LogP) is 3.04. The van der Waals surface area contributed by atoms with Crippen LogP contribution in [0.3, 0.4) is 0 Å². The molecule has 1 aromatic heterocycles. The van der Waals surface area contributed by atoms with Gasteiger partial charge in [-0.05, 0) is 18.6 Å². The van der Waals surface area contributed by atoms with Gasteiger partial charge in [-0.1, -0.05) is 12.1 Å². The number of likely N-dealkylation sites (tertiary alicyclic amines) is 1. The first-order chi connectivity index (χ1) is 10.3. The Hall–Kier alpha value is -1.43. The molecule has 0 N–H and O–H groups in total. The van der Waals surface area contributed by atoms with Gasteiger partial charge in [0.2, 0.25) is 0 Å². The molecular weight excluding hydrogens is 284 g/mol. The molecule has 21 heavy (non-hydrogen) atoms. The third kappa shape index (κ3) is 3.26. The Morgan fingerprint density at radius 1 is 1.33 bits per heavy atom. The normalized spacial score (nSPS) is 19.0. The molecule has 4 nitrogen and oxygen atoms in total. The average Bonchev–Trinajstić information content (AvgIpc) is 3.17. The van der Waals surface area contributed by atoms with Gasteiger partial charge in [0, 0.05) is 37.8 Å². The molecule has 1 unspecified atom stereocenters. The summed E-state index contributed by atoms with van der Waals surface area (Å²) < 4.78 is 10.8. The summed E-state index contributed by atoms with van der Waals surface area (Å²) in [7, 11) is 3.49. The van der Waals surface area contributed by atoms with E-state index < -0.39 is 0 Å². The number of methoxy groups -OCH3 is 2. The number of ether oxygens (including phenoxy) is 2. The fourth-order valence-corrected chi connectivity index (χ4v) is 3.66. The van der Waals surface area contributed by atoms with Crippen molar-refractivity contribution in [3.05, 3.63) is 35.3 Å². The van der Waals surface area contributed by atoms with Crippen LogP contribution in [0.15, 0.2) is 30.5 Å². The molecule has 0 aliphatic carbocycles. The van der Waals surface area contributed by atoms with E-state index in [0.717, 1.165) is 42.4 Å². The minimum Gasteiger partial charge on any atom is -0.496 e. The van der Waals surface area contributed by atoms with Crippen LogP contribution in [-0.4, -0.2) is 43.3 Å². The maximum absolute atomic E-state index is 5.41. The van der Waals surface area contributed by atoms with Crippen LogP contribution in [-0.2, 0) is 11.3 Å². The molecule has 0 radical (unpaired) electrons. The molecule has 2 aromatic rings. The summed E-state index contributed by atoms with van der Waals surface area (Å²) in [5.41, 5.74) is 1.06. The Kier molecular flexibility index (Phi) is 4.53. The summed E-state index contributed by atoms with van der Waals surface area (Å²) in [5, 5.41) is 1.02. The van der Waals surface area contributed by atoms with Crippen LogP contribution in [0.5, 0.6) is 5.75 Å². The van der Waals surface area contributed by atoms with Crippen molar-refractivity contribution in [1.29, 1.82) is 0 Å². The third-order valence-electron chi connectivity index (χ3n) is 3.83. The molecule has 5 heteroatoms. The van der Waals surface area contributed by atoms with Gasteiger partial charge >= 0.3 is 0 Å². The summed E-state index contributed by atoms with van der Waals surface area (Å²) in [5.74, 6) is 0.874. The second kappa shape index (κ2) is 6.56. The number of rotatable bonds is 5. The molecule has 112 valence electrons. The summed E-state index contributed by atoms with van der Waals surface area (Å²) in [6.45, 7) is 3.06. The fourth-order valence-electron chi connectivity index (χ4n) is 2.68. The summed E-state index contributed by atoms with van der Waals surface area (Å²) in [6, 6.07) is 8.02. The van der Waals surface area contributed by atoms with Gasteiger partial charge in [0.15, 0.2) is 0 Å². The van der Waals surface area contributed by atoms with Gasteiger partial charge in [0.25, 0.3) is 0 Å². The first-order valence-electron chi connectivity index (χ1n) is 7.13. The first kappa shape index (κ1) is 14.5. The minimum absolute atomic E-state index is 0.381. The number of aromatic nitrogens is 1. The van der Waals surface area contributed by atoms with Gasteiger partial charge in [-0.15, -0.1) is 11.3 Å². The molecule has 1 aliphatic rings. The Labute approximate surface area is 129 Å². The van der Waals surface area contributed by atoms with Crippen molar-refractivity contribution in [2.24, 2.45) is 0 Å². The van der Waals surface area contributed by atoms with Crippen molar-refractivity contribution < 1.29 is 9.47 Å². The van der Waals surface area contributed by atoms with Crippen LogP contribution in [0.1, 0.15) is 11.3 Å². The van der Waals surface area contributed by atoms with Crippen LogP contribution in [0, 0.1) is 0 Å². The van der Waals surface area contributed by atoms with Crippen molar-refractivity contribution in [2.45, 2.75) is 19.1 Å². The van der Waals surface area contributed by atoms with Gasteiger partial charge in [0.1, 0.15) is 10.8 Å². The molecule has 0 amide bonds. The number of hydrogen-bond donors (Lipinski definition) is 0. The van der Waals surface area contributed by atoms with Crippen molar-refractivity contribution >= 4 is 11.3 Å². The Morgan fingerprint density at radius 3 is 2.95 bits per heavy atom. The maximum atomic E-state index is 5.41.